The van der Waals surface area contributed by atoms with Crippen molar-refractivity contribution in [2.75, 3.05) is 37.7 Å². The Bertz CT molecular complexity index is 1410. The zero-order chi connectivity index (χ0) is 25.1. The number of carbonyl (C=O) groups is 2. The molecule has 0 bridgehead atoms. The second-order valence-electron chi connectivity index (χ2n) is 8.51. The van der Waals surface area contributed by atoms with Crippen molar-refractivity contribution in [2.24, 2.45) is 0 Å². The number of hydrogen-bond donors (Lipinski definition) is 1. The van der Waals surface area contributed by atoms with Crippen LogP contribution in [0.5, 0.6) is 5.88 Å². The molecular weight excluding hydrogens is 462 g/mol. The predicted octanol–water partition coefficient (Wildman–Crippen LogP) is 2.33. The number of nitrogens with zero attached hydrogens (tertiary/aromatic N) is 7. The fourth-order valence-corrected chi connectivity index (χ4v) is 4.33. The molecule has 0 radical (unpaired) electrons. The average molecular weight is 488 g/mol. The molecule has 4 heterocycles. The van der Waals surface area contributed by atoms with Gasteiger partial charge in [-0.2, -0.15) is 15.0 Å². The summed E-state index contributed by atoms with van der Waals surface area (Å²) in [5.74, 6) is -0.0957. The van der Waals surface area contributed by atoms with Gasteiger partial charge in [-0.1, -0.05) is 11.6 Å². The first kappa shape index (κ1) is 23.2. The van der Waals surface area contributed by atoms with E-state index in [9.17, 15) is 9.59 Å². The number of carboxylic acid groups (broad SMARTS) is 1. The van der Waals surface area contributed by atoms with Crippen LogP contribution in [0, 0.1) is 6.92 Å². The van der Waals surface area contributed by atoms with Gasteiger partial charge in [-0.25, -0.2) is 14.8 Å². The van der Waals surface area contributed by atoms with Gasteiger partial charge in [-0.15, -0.1) is 0 Å². The summed E-state index contributed by atoms with van der Waals surface area (Å²) in [5, 5.41) is 18.1. The maximum absolute atomic E-state index is 13.6. The van der Waals surface area contributed by atoms with Crippen molar-refractivity contribution in [3.05, 3.63) is 66.1 Å². The van der Waals surface area contributed by atoms with Crippen LogP contribution in [0.25, 0.3) is 16.6 Å². The number of fused-ring (bicyclic) bond motifs is 1. The van der Waals surface area contributed by atoms with Gasteiger partial charge in [0.25, 0.3) is 5.91 Å². The monoisotopic (exact) mass is 487 g/mol. The topological polar surface area (TPSA) is 127 Å². The van der Waals surface area contributed by atoms with Crippen LogP contribution < -0.4 is 9.64 Å². The number of aromatic nitrogens is 5. The highest BCUT2D eigenvalue weighted by Crippen LogP contribution is 2.27. The number of benzene rings is 1. The fraction of sp³-hybridized carbons (Fsp3) is 0.280. The quantitative estimate of drug-likeness (QED) is 0.436. The normalized spacial score (nSPS) is 14.0. The molecule has 0 saturated carbocycles. The number of pyridine rings is 2. The van der Waals surface area contributed by atoms with Crippen LogP contribution in [-0.2, 0) is 4.79 Å². The van der Waals surface area contributed by atoms with Crippen LogP contribution in [-0.4, -0.2) is 79.6 Å². The number of carboxylic acids is 1. The third-order valence-corrected chi connectivity index (χ3v) is 6.01. The molecule has 1 N–H and O–H groups in total. The van der Waals surface area contributed by atoms with Crippen molar-refractivity contribution in [3.63, 3.8) is 0 Å². The SMILES string of the molecule is Cc1ccc(-n2nccn2)c(C(=O)N2CCCN(c3nccc4nc(OCC(=O)O)ccc34)CC2)c1. The van der Waals surface area contributed by atoms with Crippen molar-refractivity contribution in [3.8, 4) is 11.6 Å². The third-order valence-electron chi connectivity index (χ3n) is 6.01. The molecule has 1 amide bonds. The molecule has 5 rings (SSSR count). The van der Waals surface area contributed by atoms with E-state index < -0.39 is 12.6 Å². The number of carbonyl (C=O) groups excluding carboxylic acids is 1. The summed E-state index contributed by atoms with van der Waals surface area (Å²) in [6, 6.07) is 10.9. The maximum Gasteiger partial charge on any atom is 0.341 e. The average Bonchev–Trinajstić information content (AvgIpc) is 3.31. The van der Waals surface area contributed by atoms with E-state index in [0.717, 1.165) is 29.7 Å². The summed E-state index contributed by atoms with van der Waals surface area (Å²) in [4.78, 5) is 38.9. The van der Waals surface area contributed by atoms with Gasteiger partial charge in [-0.3, -0.25) is 4.79 Å². The van der Waals surface area contributed by atoms with E-state index in [0.29, 0.717) is 36.4 Å². The van der Waals surface area contributed by atoms with Crippen molar-refractivity contribution in [1.29, 1.82) is 0 Å². The molecular formula is C25H25N7O4. The lowest BCUT2D eigenvalue weighted by Crippen LogP contribution is -2.36. The Morgan fingerprint density at radius 2 is 1.83 bits per heavy atom. The molecule has 1 saturated heterocycles. The number of hydrogen-bond acceptors (Lipinski definition) is 8. The first-order valence-electron chi connectivity index (χ1n) is 11.6. The second kappa shape index (κ2) is 9.98. The van der Waals surface area contributed by atoms with Crippen LogP contribution in [0.4, 0.5) is 5.82 Å². The van der Waals surface area contributed by atoms with Crippen molar-refractivity contribution in [2.45, 2.75) is 13.3 Å². The number of anilines is 1. The van der Waals surface area contributed by atoms with Crippen LogP contribution in [0.2, 0.25) is 0 Å². The van der Waals surface area contributed by atoms with Gasteiger partial charge in [0.05, 0.1) is 29.2 Å². The Morgan fingerprint density at radius 3 is 2.64 bits per heavy atom. The van der Waals surface area contributed by atoms with Crippen molar-refractivity contribution >= 4 is 28.6 Å². The number of rotatable bonds is 6. The Morgan fingerprint density at radius 1 is 1.00 bits per heavy atom. The van der Waals surface area contributed by atoms with Crippen LogP contribution >= 0.6 is 0 Å². The summed E-state index contributed by atoms with van der Waals surface area (Å²) in [6.07, 6.45) is 5.63. The Kier molecular flexibility index (Phi) is 6.44. The lowest BCUT2D eigenvalue weighted by Gasteiger charge is -2.24. The molecule has 1 aromatic carbocycles. The van der Waals surface area contributed by atoms with E-state index in [1.807, 2.05) is 36.1 Å². The zero-order valence-corrected chi connectivity index (χ0v) is 19.7. The van der Waals surface area contributed by atoms with Crippen LogP contribution in [0.3, 0.4) is 0 Å². The summed E-state index contributed by atoms with van der Waals surface area (Å²) in [5.41, 5.74) is 2.88. The Balaban J connectivity index is 1.36. The largest absolute Gasteiger partial charge is 0.479 e. The highest BCUT2D eigenvalue weighted by molar-refractivity contribution is 5.98. The summed E-state index contributed by atoms with van der Waals surface area (Å²) < 4.78 is 5.21. The van der Waals surface area contributed by atoms with E-state index in [4.69, 9.17) is 9.84 Å². The maximum atomic E-state index is 13.6. The third kappa shape index (κ3) is 4.81. The number of aliphatic carboxylic acids is 1. The van der Waals surface area contributed by atoms with Gasteiger partial charge in [0, 0.05) is 43.8 Å². The number of ether oxygens (including phenoxy) is 1. The first-order valence-corrected chi connectivity index (χ1v) is 11.6. The minimum atomic E-state index is -1.06. The lowest BCUT2D eigenvalue weighted by atomic mass is 10.1. The van der Waals surface area contributed by atoms with E-state index in [1.54, 1.807) is 30.7 Å². The van der Waals surface area contributed by atoms with E-state index in [-0.39, 0.29) is 11.8 Å². The molecule has 0 unspecified atom stereocenters. The zero-order valence-electron chi connectivity index (χ0n) is 19.7. The van der Waals surface area contributed by atoms with E-state index in [2.05, 4.69) is 25.1 Å². The second-order valence-corrected chi connectivity index (χ2v) is 8.51. The number of aryl methyl sites for hydroxylation is 1. The molecule has 1 fully saturated rings. The molecule has 0 aliphatic carbocycles. The summed E-state index contributed by atoms with van der Waals surface area (Å²) in [6.45, 7) is 3.99. The fourth-order valence-electron chi connectivity index (χ4n) is 4.33. The molecule has 11 nitrogen and oxygen atoms in total. The molecule has 1 aliphatic rings. The van der Waals surface area contributed by atoms with Crippen molar-refractivity contribution in [1.82, 2.24) is 29.9 Å². The summed E-state index contributed by atoms with van der Waals surface area (Å²) in [7, 11) is 0. The molecule has 0 atom stereocenters. The molecule has 36 heavy (non-hydrogen) atoms. The lowest BCUT2D eigenvalue weighted by molar-refractivity contribution is -0.139. The van der Waals surface area contributed by atoms with Crippen LogP contribution in [0.1, 0.15) is 22.3 Å². The molecule has 184 valence electrons. The van der Waals surface area contributed by atoms with E-state index >= 15 is 0 Å². The number of amides is 1. The highest BCUT2D eigenvalue weighted by Gasteiger charge is 2.25. The van der Waals surface area contributed by atoms with E-state index in [1.165, 1.54) is 4.80 Å². The van der Waals surface area contributed by atoms with Gasteiger partial charge in [-0.05, 0) is 37.6 Å². The van der Waals surface area contributed by atoms with Gasteiger partial charge >= 0.3 is 5.97 Å². The first-order chi connectivity index (χ1) is 17.5. The minimum absolute atomic E-state index is 0.0550. The highest BCUT2D eigenvalue weighted by atomic mass is 16.5. The van der Waals surface area contributed by atoms with Crippen LogP contribution in [0.15, 0.2) is 55.0 Å². The molecule has 0 spiro atoms. The van der Waals surface area contributed by atoms with Crippen molar-refractivity contribution < 1.29 is 19.4 Å². The summed E-state index contributed by atoms with van der Waals surface area (Å²) >= 11 is 0. The van der Waals surface area contributed by atoms with Gasteiger partial charge in [0.15, 0.2) is 6.61 Å². The molecule has 4 aromatic rings. The minimum Gasteiger partial charge on any atom is -0.479 e. The Labute approximate surface area is 206 Å². The Hall–Kier alpha value is -4.54. The molecule has 3 aromatic heterocycles. The molecule has 1 aliphatic heterocycles. The smallest absolute Gasteiger partial charge is 0.341 e. The standard InChI is InChI=1S/C25H25N7O4/c1-17-3-5-21(32-27-9-10-28-32)19(15-17)25(35)31-12-2-11-30(13-14-31)24-18-4-6-22(36-16-23(33)34)29-20(18)7-8-26-24/h3-10,15H,2,11-14,16H2,1H3,(H,33,34). The van der Waals surface area contributed by atoms with Gasteiger partial charge in [0.2, 0.25) is 5.88 Å². The predicted molar refractivity (Wildman–Crippen MR) is 131 cm³/mol. The van der Waals surface area contributed by atoms with Gasteiger partial charge < -0.3 is 19.6 Å². The molecule has 11 heteroatoms. The van der Waals surface area contributed by atoms with Gasteiger partial charge in [0.1, 0.15) is 5.82 Å².